The molecule has 0 saturated heterocycles. The predicted octanol–water partition coefficient (Wildman–Crippen LogP) is 3.60. The molecule has 0 radical (unpaired) electrons. The smallest absolute Gasteiger partial charge is 0.115 e. The maximum atomic E-state index is 9.25. The third-order valence-electron chi connectivity index (χ3n) is 2.67. The summed E-state index contributed by atoms with van der Waals surface area (Å²) in [6.07, 6.45) is 0. The number of hydrogen-bond donors (Lipinski definition) is 2. The van der Waals surface area contributed by atoms with E-state index in [0.717, 1.165) is 22.9 Å². The molecule has 0 fully saturated rings. The van der Waals surface area contributed by atoms with E-state index in [4.69, 9.17) is 11.1 Å². The van der Waals surface area contributed by atoms with Gasteiger partial charge in [-0.05, 0) is 5.56 Å². The lowest BCUT2D eigenvalue weighted by molar-refractivity contribution is 1.48. The summed E-state index contributed by atoms with van der Waals surface area (Å²) in [5, 5.41) is 17.6. The molecule has 2 aromatic carbocycles. The molecule has 98 valence electrons. The van der Waals surface area contributed by atoms with Gasteiger partial charge in [-0.2, -0.15) is 5.26 Å². The summed E-state index contributed by atoms with van der Waals surface area (Å²) >= 11 is 1.08. The minimum absolute atomic E-state index is 0.307. The van der Waals surface area contributed by atoms with E-state index in [-0.39, 0.29) is 0 Å². The molecule has 0 aliphatic heterocycles. The van der Waals surface area contributed by atoms with Crippen molar-refractivity contribution in [2.24, 2.45) is 5.73 Å². The fourth-order valence-electron chi connectivity index (χ4n) is 1.64. The number of nitrogens with two attached hydrogens (primary N) is 1. The van der Waals surface area contributed by atoms with Gasteiger partial charge in [-0.15, -0.1) is 0 Å². The maximum Gasteiger partial charge on any atom is 0.115 e. The number of benzene rings is 2. The quantitative estimate of drug-likeness (QED) is 0.512. The Morgan fingerprint density at radius 3 is 1.95 bits per heavy atom. The van der Waals surface area contributed by atoms with Crippen LogP contribution in [-0.2, 0) is 0 Å². The minimum Gasteiger partial charge on any atom is -0.397 e. The second-order valence-corrected chi connectivity index (χ2v) is 5.04. The molecule has 4 heteroatoms. The third kappa shape index (κ3) is 3.28. The highest BCUT2D eigenvalue weighted by Gasteiger charge is 2.10. The van der Waals surface area contributed by atoms with E-state index in [1.54, 1.807) is 0 Å². The number of nitriles is 1. The van der Waals surface area contributed by atoms with Gasteiger partial charge in [-0.1, -0.05) is 72.4 Å². The van der Waals surface area contributed by atoms with Gasteiger partial charge in [0, 0.05) is 5.56 Å². The summed E-state index contributed by atoms with van der Waals surface area (Å²) < 4.78 is 0. The lowest BCUT2D eigenvalue weighted by Gasteiger charge is -2.06. The van der Waals surface area contributed by atoms with Gasteiger partial charge in [0.15, 0.2) is 0 Å². The molecule has 3 N–H and O–H groups in total. The maximum absolute atomic E-state index is 9.25. The van der Waals surface area contributed by atoms with E-state index in [1.807, 2.05) is 60.7 Å². The number of thioether (sulfide) groups is 1. The molecule has 3 nitrogen and oxygen atoms in total. The van der Waals surface area contributed by atoms with E-state index in [1.165, 1.54) is 0 Å². The molecule has 2 rings (SSSR count). The van der Waals surface area contributed by atoms with Crippen molar-refractivity contribution in [3.05, 3.63) is 76.7 Å². The van der Waals surface area contributed by atoms with Crippen molar-refractivity contribution in [3.63, 3.8) is 0 Å². The van der Waals surface area contributed by atoms with Crippen molar-refractivity contribution >= 4 is 22.5 Å². The highest BCUT2D eigenvalue weighted by atomic mass is 32.2. The number of rotatable bonds is 3. The molecule has 0 bridgehead atoms. The van der Waals surface area contributed by atoms with E-state index in [0.29, 0.717) is 15.6 Å². The van der Waals surface area contributed by atoms with E-state index in [9.17, 15) is 5.26 Å². The van der Waals surface area contributed by atoms with Gasteiger partial charge in [0.1, 0.15) is 11.0 Å². The zero-order chi connectivity index (χ0) is 14.4. The number of nitrogens with one attached hydrogen (secondary N) is 1. The molecule has 0 unspecified atom stereocenters. The van der Waals surface area contributed by atoms with Crippen LogP contribution in [0.1, 0.15) is 11.1 Å². The van der Waals surface area contributed by atoms with Gasteiger partial charge >= 0.3 is 0 Å². The van der Waals surface area contributed by atoms with Crippen molar-refractivity contribution in [1.82, 2.24) is 0 Å². The van der Waals surface area contributed by atoms with E-state index >= 15 is 0 Å². The molecule has 20 heavy (non-hydrogen) atoms. The summed E-state index contributed by atoms with van der Waals surface area (Å²) in [5.74, 6) is 0. The minimum atomic E-state index is 0.307. The largest absolute Gasteiger partial charge is 0.397 e. The molecule has 0 heterocycles. The molecule has 0 aliphatic rings. The molecular weight excluding hydrogens is 266 g/mol. The Labute approximate surface area is 122 Å². The standard InChI is InChI=1S/C16H13N3S/c17-11-14(15(18)12-7-3-1-4-8-12)20-16(19)13-9-5-2-6-10-13/h1-10,19H,18H2/b15-14-,19-16?. The zero-order valence-electron chi connectivity index (χ0n) is 10.7. The molecule has 2 aromatic rings. The SMILES string of the molecule is N#C/C(SC(=N)c1ccccc1)=C(/N)c1ccccc1. The number of allylic oxidation sites excluding steroid dienone is 1. The van der Waals surface area contributed by atoms with Crippen LogP contribution in [0.4, 0.5) is 0 Å². The first-order valence-electron chi connectivity index (χ1n) is 5.99. The van der Waals surface area contributed by atoms with Crippen molar-refractivity contribution in [2.45, 2.75) is 0 Å². The molecule has 0 aromatic heterocycles. The van der Waals surface area contributed by atoms with Crippen molar-refractivity contribution in [2.75, 3.05) is 0 Å². The van der Waals surface area contributed by atoms with Crippen LogP contribution >= 0.6 is 11.8 Å². The first-order valence-corrected chi connectivity index (χ1v) is 6.81. The summed E-state index contributed by atoms with van der Waals surface area (Å²) in [5.41, 5.74) is 7.98. The van der Waals surface area contributed by atoms with Crippen LogP contribution in [0.15, 0.2) is 65.6 Å². The fourth-order valence-corrected chi connectivity index (χ4v) is 2.37. The van der Waals surface area contributed by atoms with Crippen molar-refractivity contribution in [1.29, 1.82) is 10.7 Å². The Morgan fingerprint density at radius 1 is 0.950 bits per heavy atom. The van der Waals surface area contributed by atoms with Crippen LogP contribution in [0.3, 0.4) is 0 Å². The van der Waals surface area contributed by atoms with Crippen LogP contribution in [-0.4, -0.2) is 5.04 Å². The lowest BCUT2D eigenvalue weighted by atomic mass is 10.1. The Morgan fingerprint density at radius 2 is 1.45 bits per heavy atom. The Balaban J connectivity index is 2.26. The second-order valence-electron chi connectivity index (χ2n) is 4.02. The third-order valence-corrected chi connectivity index (χ3v) is 3.63. The van der Waals surface area contributed by atoms with Gasteiger partial charge < -0.3 is 5.73 Å². The molecule has 0 saturated carbocycles. The van der Waals surface area contributed by atoms with Crippen LogP contribution in [0.5, 0.6) is 0 Å². The molecular formula is C16H13N3S. The summed E-state index contributed by atoms with van der Waals surface area (Å²) in [6, 6.07) is 20.7. The van der Waals surface area contributed by atoms with Crippen LogP contribution in [0, 0.1) is 16.7 Å². The Bertz CT molecular complexity index is 670. The lowest BCUT2D eigenvalue weighted by Crippen LogP contribution is -2.01. The van der Waals surface area contributed by atoms with Crippen LogP contribution in [0.2, 0.25) is 0 Å². The van der Waals surface area contributed by atoms with Gasteiger partial charge in [0.05, 0.1) is 10.7 Å². The Hall–Kier alpha value is -2.51. The highest BCUT2D eigenvalue weighted by Crippen LogP contribution is 2.26. The van der Waals surface area contributed by atoms with Gasteiger partial charge in [-0.25, -0.2) is 0 Å². The summed E-state index contributed by atoms with van der Waals surface area (Å²) in [7, 11) is 0. The first kappa shape index (κ1) is 13.9. The first-order chi connectivity index (χ1) is 9.72. The fraction of sp³-hybridized carbons (Fsp3) is 0. The normalized spacial score (nSPS) is 11.3. The van der Waals surface area contributed by atoms with Gasteiger partial charge in [0.2, 0.25) is 0 Å². The molecule has 0 amide bonds. The molecule has 0 spiro atoms. The monoisotopic (exact) mass is 279 g/mol. The Kier molecular flexibility index (Phi) is 4.59. The van der Waals surface area contributed by atoms with Crippen molar-refractivity contribution in [3.8, 4) is 6.07 Å². The predicted molar refractivity (Wildman–Crippen MR) is 84.0 cm³/mol. The van der Waals surface area contributed by atoms with Crippen molar-refractivity contribution < 1.29 is 0 Å². The van der Waals surface area contributed by atoms with Gasteiger partial charge in [-0.3, -0.25) is 5.41 Å². The summed E-state index contributed by atoms with van der Waals surface area (Å²) in [6.45, 7) is 0. The number of hydrogen-bond acceptors (Lipinski definition) is 4. The number of nitrogens with zero attached hydrogens (tertiary/aromatic N) is 1. The van der Waals surface area contributed by atoms with E-state index in [2.05, 4.69) is 6.07 Å². The zero-order valence-corrected chi connectivity index (χ0v) is 11.5. The average Bonchev–Trinajstić information content (AvgIpc) is 2.53. The molecule has 0 aliphatic carbocycles. The van der Waals surface area contributed by atoms with Gasteiger partial charge in [0.25, 0.3) is 0 Å². The van der Waals surface area contributed by atoms with Crippen LogP contribution in [0.25, 0.3) is 5.70 Å². The molecule has 0 atom stereocenters. The summed E-state index contributed by atoms with van der Waals surface area (Å²) in [4.78, 5) is 0.338. The van der Waals surface area contributed by atoms with Crippen LogP contribution < -0.4 is 5.73 Å². The second kappa shape index (κ2) is 6.60. The highest BCUT2D eigenvalue weighted by molar-refractivity contribution is 8.17. The average molecular weight is 279 g/mol. The van der Waals surface area contributed by atoms with E-state index < -0.39 is 0 Å². The topological polar surface area (TPSA) is 73.7 Å².